The topological polar surface area (TPSA) is 79.3 Å². The quantitative estimate of drug-likeness (QED) is 0.878. The molecule has 5 nitrogen and oxygen atoms in total. The minimum absolute atomic E-state index is 0.144. The number of aliphatic carboxylic acids is 1. The van der Waals surface area contributed by atoms with E-state index in [0.29, 0.717) is 12.0 Å². The number of rotatable bonds is 5. The normalized spacial score (nSPS) is 12.3. The molecular formula is C13H14N2O3S. The van der Waals surface area contributed by atoms with Gasteiger partial charge in [0, 0.05) is 12.1 Å². The Balaban J connectivity index is 2.05. The van der Waals surface area contributed by atoms with Crippen LogP contribution >= 0.6 is 11.3 Å². The number of nitrogens with one attached hydrogen (secondary N) is 1. The third-order valence-electron chi connectivity index (χ3n) is 2.94. The standard InChI is InChI=1S/C13H14N2O3S/c1-2-8(13(17)18)6-14-12(16)9-3-4-10-11(5-9)19-7-15-10/h3-5,7-8H,2,6H2,1H3,(H,14,16)(H,17,18). The molecule has 1 amide bonds. The smallest absolute Gasteiger partial charge is 0.308 e. The van der Waals surface area contributed by atoms with Crippen molar-refractivity contribution in [2.75, 3.05) is 6.54 Å². The number of hydrogen-bond donors (Lipinski definition) is 2. The fourth-order valence-corrected chi connectivity index (χ4v) is 2.44. The molecule has 100 valence electrons. The number of carbonyl (C=O) groups excluding carboxylic acids is 1. The summed E-state index contributed by atoms with van der Waals surface area (Å²) in [7, 11) is 0. The summed E-state index contributed by atoms with van der Waals surface area (Å²) >= 11 is 1.47. The first kappa shape index (κ1) is 13.5. The van der Waals surface area contributed by atoms with Gasteiger partial charge in [-0.3, -0.25) is 9.59 Å². The molecule has 6 heteroatoms. The van der Waals surface area contributed by atoms with E-state index >= 15 is 0 Å². The zero-order valence-corrected chi connectivity index (χ0v) is 11.2. The van der Waals surface area contributed by atoms with Gasteiger partial charge in [0.1, 0.15) is 0 Å². The lowest BCUT2D eigenvalue weighted by molar-refractivity contribution is -0.141. The Morgan fingerprint density at radius 3 is 2.95 bits per heavy atom. The van der Waals surface area contributed by atoms with Crippen LogP contribution in [0.3, 0.4) is 0 Å². The SMILES string of the molecule is CCC(CNC(=O)c1ccc2ncsc2c1)C(=O)O. The maximum atomic E-state index is 11.9. The Labute approximate surface area is 114 Å². The number of hydrogen-bond acceptors (Lipinski definition) is 4. The van der Waals surface area contributed by atoms with Crippen molar-refractivity contribution in [3.8, 4) is 0 Å². The molecule has 1 aromatic carbocycles. The largest absolute Gasteiger partial charge is 0.481 e. The maximum absolute atomic E-state index is 11.9. The molecule has 2 rings (SSSR count). The van der Waals surface area contributed by atoms with Crippen molar-refractivity contribution in [3.63, 3.8) is 0 Å². The summed E-state index contributed by atoms with van der Waals surface area (Å²) in [5.74, 6) is -1.69. The number of benzene rings is 1. The molecule has 1 unspecified atom stereocenters. The van der Waals surface area contributed by atoms with Crippen LogP contribution in [-0.2, 0) is 4.79 Å². The summed E-state index contributed by atoms with van der Waals surface area (Å²) in [5, 5.41) is 11.6. The fraction of sp³-hybridized carbons (Fsp3) is 0.308. The first-order valence-electron chi connectivity index (χ1n) is 5.96. The van der Waals surface area contributed by atoms with E-state index in [1.807, 2.05) is 0 Å². The van der Waals surface area contributed by atoms with Gasteiger partial charge in [-0.1, -0.05) is 6.92 Å². The highest BCUT2D eigenvalue weighted by atomic mass is 32.1. The first-order chi connectivity index (χ1) is 9.11. The third-order valence-corrected chi connectivity index (χ3v) is 3.74. The average molecular weight is 278 g/mol. The molecule has 1 atom stereocenters. The number of fused-ring (bicyclic) bond motifs is 1. The predicted molar refractivity (Wildman–Crippen MR) is 73.4 cm³/mol. The van der Waals surface area contributed by atoms with Crippen molar-refractivity contribution in [1.29, 1.82) is 0 Å². The van der Waals surface area contributed by atoms with Crippen LogP contribution in [0, 0.1) is 5.92 Å². The van der Waals surface area contributed by atoms with Crippen molar-refractivity contribution in [2.24, 2.45) is 5.92 Å². The molecule has 0 bridgehead atoms. The van der Waals surface area contributed by atoms with Gasteiger partial charge in [-0.05, 0) is 24.6 Å². The average Bonchev–Trinajstić information content (AvgIpc) is 2.85. The lowest BCUT2D eigenvalue weighted by Gasteiger charge is -2.11. The Morgan fingerprint density at radius 1 is 1.47 bits per heavy atom. The molecule has 2 N–H and O–H groups in total. The van der Waals surface area contributed by atoms with Crippen LogP contribution in [0.5, 0.6) is 0 Å². The van der Waals surface area contributed by atoms with E-state index in [9.17, 15) is 9.59 Å². The molecule has 2 aromatic rings. The molecule has 0 saturated heterocycles. The number of amides is 1. The highest BCUT2D eigenvalue weighted by Gasteiger charge is 2.16. The third kappa shape index (κ3) is 3.08. The van der Waals surface area contributed by atoms with Crippen molar-refractivity contribution in [2.45, 2.75) is 13.3 Å². The molecule has 1 heterocycles. The molecule has 0 aliphatic heterocycles. The summed E-state index contributed by atoms with van der Waals surface area (Å²) in [6.07, 6.45) is 0.490. The van der Waals surface area contributed by atoms with Gasteiger partial charge in [0.05, 0.1) is 21.6 Å². The minimum atomic E-state index is -0.888. The second kappa shape index (κ2) is 5.79. The van der Waals surface area contributed by atoms with E-state index < -0.39 is 11.9 Å². The van der Waals surface area contributed by atoms with Crippen molar-refractivity contribution in [3.05, 3.63) is 29.3 Å². The summed E-state index contributed by atoms with van der Waals surface area (Å²) in [5.41, 5.74) is 3.11. The Morgan fingerprint density at radius 2 is 2.26 bits per heavy atom. The van der Waals surface area contributed by atoms with Crippen molar-refractivity contribution >= 4 is 33.4 Å². The van der Waals surface area contributed by atoms with Crippen LogP contribution in [0.15, 0.2) is 23.7 Å². The van der Waals surface area contributed by atoms with Gasteiger partial charge in [0.2, 0.25) is 0 Å². The van der Waals surface area contributed by atoms with E-state index in [2.05, 4.69) is 10.3 Å². The first-order valence-corrected chi connectivity index (χ1v) is 6.84. The monoisotopic (exact) mass is 278 g/mol. The van der Waals surface area contributed by atoms with Gasteiger partial charge in [-0.15, -0.1) is 11.3 Å². The molecule has 0 saturated carbocycles. The molecule has 19 heavy (non-hydrogen) atoms. The Kier molecular flexibility index (Phi) is 4.11. The van der Waals surface area contributed by atoms with E-state index in [0.717, 1.165) is 10.2 Å². The lowest BCUT2D eigenvalue weighted by atomic mass is 10.1. The summed E-state index contributed by atoms with van der Waals surface area (Å²) in [6.45, 7) is 1.93. The molecular weight excluding hydrogens is 264 g/mol. The fourth-order valence-electron chi connectivity index (χ4n) is 1.72. The number of aromatic nitrogens is 1. The van der Waals surface area contributed by atoms with Crippen LogP contribution in [0.4, 0.5) is 0 Å². The summed E-state index contributed by atoms with van der Waals surface area (Å²) in [6, 6.07) is 5.25. The molecule has 1 aromatic heterocycles. The Hall–Kier alpha value is -1.95. The van der Waals surface area contributed by atoms with Crippen LogP contribution in [0.2, 0.25) is 0 Å². The van der Waals surface area contributed by atoms with Crippen LogP contribution in [-0.4, -0.2) is 28.5 Å². The van der Waals surface area contributed by atoms with Crippen LogP contribution in [0.1, 0.15) is 23.7 Å². The zero-order chi connectivity index (χ0) is 13.8. The second-order valence-electron chi connectivity index (χ2n) is 4.19. The van der Waals surface area contributed by atoms with Gasteiger partial charge in [-0.2, -0.15) is 0 Å². The number of carbonyl (C=O) groups is 2. The predicted octanol–water partition coefficient (Wildman–Crippen LogP) is 2.14. The van der Waals surface area contributed by atoms with Gasteiger partial charge >= 0.3 is 5.97 Å². The maximum Gasteiger partial charge on any atom is 0.308 e. The number of thiazole rings is 1. The van der Waals surface area contributed by atoms with Crippen LogP contribution < -0.4 is 5.32 Å². The lowest BCUT2D eigenvalue weighted by Crippen LogP contribution is -2.32. The zero-order valence-electron chi connectivity index (χ0n) is 10.4. The molecule has 0 aliphatic carbocycles. The molecule has 0 radical (unpaired) electrons. The second-order valence-corrected chi connectivity index (χ2v) is 5.07. The van der Waals surface area contributed by atoms with Crippen LogP contribution in [0.25, 0.3) is 10.2 Å². The van der Waals surface area contributed by atoms with E-state index in [-0.39, 0.29) is 12.5 Å². The molecule has 0 aliphatic rings. The van der Waals surface area contributed by atoms with Crippen molar-refractivity contribution < 1.29 is 14.7 Å². The van der Waals surface area contributed by atoms with E-state index in [4.69, 9.17) is 5.11 Å². The molecule has 0 spiro atoms. The van der Waals surface area contributed by atoms with E-state index in [1.165, 1.54) is 11.3 Å². The van der Waals surface area contributed by atoms with Gasteiger partial charge in [-0.25, -0.2) is 4.98 Å². The van der Waals surface area contributed by atoms with Gasteiger partial charge in [0.25, 0.3) is 5.91 Å². The number of nitrogens with zero attached hydrogens (tertiary/aromatic N) is 1. The van der Waals surface area contributed by atoms with Gasteiger partial charge < -0.3 is 10.4 Å². The van der Waals surface area contributed by atoms with Crippen molar-refractivity contribution in [1.82, 2.24) is 10.3 Å². The molecule has 0 fully saturated rings. The summed E-state index contributed by atoms with van der Waals surface area (Å²) in [4.78, 5) is 26.9. The van der Waals surface area contributed by atoms with E-state index in [1.54, 1.807) is 30.6 Å². The number of carboxylic acids is 1. The Bertz CT molecular complexity index is 609. The summed E-state index contributed by atoms with van der Waals surface area (Å²) < 4.78 is 0.943. The minimum Gasteiger partial charge on any atom is -0.481 e. The number of carboxylic acid groups (broad SMARTS) is 1. The highest BCUT2D eigenvalue weighted by molar-refractivity contribution is 7.16. The highest BCUT2D eigenvalue weighted by Crippen LogP contribution is 2.19. The van der Waals surface area contributed by atoms with Gasteiger partial charge in [0.15, 0.2) is 0 Å².